The number of anilines is 1. The van der Waals surface area contributed by atoms with E-state index in [2.05, 4.69) is 19.2 Å². The topological polar surface area (TPSA) is 76.1 Å². The summed E-state index contributed by atoms with van der Waals surface area (Å²) in [6.45, 7) is 6.28. The lowest BCUT2D eigenvalue weighted by atomic mass is 9.98. The van der Waals surface area contributed by atoms with Gasteiger partial charge in [-0.1, -0.05) is 32.0 Å². The number of pyridine rings is 1. The summed E-state index contributed by atoms with van der Waals surface area (Å²) in [5, 5.41) is 2.98. The van der Waals surface area contributed by atoms with Crippen molar-refractivity contribution < 1.29 is 14.2 Å². The lowest BCUT2D eigenvalue weighted by Gasteiger charge is -2.15. The Balaban J connectivity index is 2.18. The molecular formula is C18H22N3O2+. The molecule has 0 radical (unpaired) electrons. The van der Waals surface area contributed by atoms with Crippen LogP contribution in [0.25, 0.3) is 0 Å². The Hall–Kier alpha value is -2.69. The van der Waals surface area contributed by atoms with E-state index in [4.69, 9.17) is 5.73 Å². The molecule has 0 aliphatic heterocycles. The van der Waals surface area contributed by atoms with Gasteiger partial charge in [0.05, 0.1) is 0 Å². The first-order chi connectivity index (χ1) is 10.9. The molecule has 0 unspecified atom stereocenters. The fourth-order valence-corrected chi connectivity index (χ4v) is 2.45. The summed E-state index contributed by atoms with van der Waals surface area (Å²) >= 11 is 0. The lowest BCUT2D eigenvalue weighted by molar-refractivity contribution is -0.684. The van der Waals surface area contributed by atoms with E-state index in [-0.39, 0.29) is 12.5 Å². The molecule has 5 nitrogen and oxygen atoms in total. The van der Waals surface area contributed by atoms with Crippen LogP contribution in [-0.2, 0) is 11.3 Å². The van der Waals surface area contributed by atoms with Crippen LogP contribution in [0.4, 0.5) is 5.69 Å². The largest absolute Gasteiger partial charge is 0.365 e. The zero-order valence-corrected chi connectivity index (χ0v) is 13.7. The van der Waals surface area contributed by atoms with Gasteiger partial charge in [-0.05, 0) is 30.0 Å². The van der Waals surface area contributed by atoms with Gasteiger partial charge in [0.2, 0.25) is 6.54 Å². The van der Waals surface area contributed by atoms with E-state index < -0.39 is 5.91 Å². The van der Waals surface area contributed by atoms with Crippen LogP contribution >= 0.6 is 0 Å². The number of hydrogen-bond acceptors (Lipinski definition) is 2. The van der Waals surface area contributed by atoms with Crippen LogP contribution in [-0.4, -0.2) is 11.8 Å². The quantitative estimate of drug-likeness (QED) is 0.830. The number of rotatable bonds is 5. The van der Waals surface area contributed by atoms with Crippen LogP contribution in [0, 0.1) is 6.92 Å². The minimum Gasteiger partial charge on any atom is -0.365 e. The molecule has 120 valence electrons. The Morgan fingerprint density at radius 1 is 1.22 bits per heavy atom. The van der Waals surface area contributed by atoms with Crippen molar-refractivity contribution in [1.29, 1.82) is 0 Å². The number of amides is 2. The minimum atomic E-state index is -0.513. The van der Waals surface area contributed by atoms with Gasteiger partial charge in [0.15, 0.2) is 12.4 Å². The van der Waals surface area contributed by atoms with E-state index in [1.54, 1.807) is 29.1 Å². The summed E-state index contributed by atoms with van der Waals surface area (Å²) in [5.74, 6) is -0.343. The second-order valence-corrected chi connectivity index (χ2v) is 5.87. The summed E-state index contributed by atoms with van der Waals surface area (Å²) in [6, 6.07) is 9.30. The molecule has 0 atom stereocenters. The predicted molar refractivity (Wildman–Crippen MR) is 89.1 cm³/mol. The Bertz CT molecular complexity index is 739. The van der Waals surface area contributed by atoms with E-state index >= 15 is 0 Å². The molecule has 1 aromatic heterocycles. The van der Waals surface area contributed by atoms with Gasteiger partial charge in [0.1, 0.15) is 5.56 Å². The SMILES string of the molecule is Cc1cccc(C(C)C)c1NC(=O)C[n+]1cccc(C(N)=O)c1. The standard InChI is InChI=1S/C18H21N3O2/c1-12(2)15-8-4-6-13(3)17(15)20-16(22)11-21-9-5-7-14(10-21)18(19)23/h4-10,12H,11H2,1-3H3,(H2-,19,20,22,23)/p+1. The molecule has 23 heavy (non-hydrogen) atoms. The summed E-state index contributed by atoms with van der Waals surface area (Å²) in [7, 11) is 0. The van der Waals surface area contributed by atoms with E-state index in [0.717, 1.165) is 16.8 Å². The number of para-hydroxylation sites is 1. The van der Waals surface area contributed by atoms with Crippen LogP contribution in [0.5, 0.6) is 0 Å². The summed E-state index contributed by atoms with van der Waals surface area (Å²) in [6.07, 6.45) is 3.30. The van der Waals surface area contributed by atoms with Gasteiger partial charge < -0.3 is 11.1 Å². The zero-order valence-electron chi connectivity index (χ0n) is 13.7. The second kappa shape index (κ2) is 7.05. The van der Waals surface area contributed by atoms with Crippen molar-refractivity contribution >= 4 is 17.5 Å². The number of hydrogen-bond donors (Lipinski definition) is 2. The average molecular weight is 312 g/mol. The maximum atomic E-state index is 12.3. The van der Waals surface area contributed by atoms with Crippen molar-refractivity contribution in [3.05, 3.63) is 59.4 Å². The first-order valence-electron chi connectivity index (χ1n) is 7.56. The molecule has 1 heterocycles. The van der Waals surface area contributed by atoms with E-state index in [9.17, 15) is 9.59 Å². The molecule has 2 amide bonds. The lowest BCUT2D eigenvalue weighted by Crippen LogP contribution is -2.40. The average Bonchev–Trinajstić information content (AvgIpc) is 2.49. The molecule has 0 fully saturated rings. The maximum absolute atomic E-state index is 12.3. The third kappa shape index (κ3) is 4.16. The molecule has 0 aliphatic carbocycles. The van der Waals surface area contributed by atoms with Gasteiger partial charge in [-0.25, -0.2) is 0 Å². The summed E-state index contributed by atoms with van der Waals surface area (Å²) in [4.78, 5) is 23.5. The normalized spacial score (nSPS) is 10.6. The Morgan fingerprint density at radius 2 is 1.96 bits per heavy atom. The fourth-order valence-electron chi connectivity index (χ4n) is 2.45. The van der Waals surface area contributed by atoms with Crippen molar-refractivity contribution in [1.82, 2.24) is 0 Å². The number of carbonyl (C=O) groups is 2. The van der Waals surface area contributed by atoms with Crippen molar-refractivity contribution in [2.24, 2.45) is 5.73 Å². The zero-order chi connectivity index (χ0) is 17.0. The van der Waals surface area contributed by atoms with Crippen molar-refractivity contribution in [3.63, 3.8) is 0 Å². The van der Waals surface area contributed by atoms with Crippen molar-refractivity contribution in [2.45, 2.75) is 33.2 Å². The van der Waals surface area contributed by atoms with Gasteiger partial charge in [-0.2, -0.15) is 4.57 Å². The monoisotopic (exact) mass is 312 g/mol. The molecule has 0 aliphatic rings. The number of aromatic nitrogens is 1. The molecule has 2 aromatic rings. The van der Waals surface area contributed by atoms with Crippen LogP contribution in [0.2, 0.25) is 0 Å². The fraction of sp³-hybridized carbons (Fsp3) is 0.278. The van der Waals surface area contributed by atoms with E-state index in [1.807, 2.05) is 25.1 Å². The van der Waals surface area contributed by atoms with Gasteiger partial charge in [-0.3, -0.25) is 9.59 Å². The number of nitrogens with one attached hydrogen (secondary N) is 1. The molecule has 3 N–H and O–H groups in total. The van der Waals surface area contributed by atoms with E-state index in [0.29, 0.717) is 11.5 Å². The number of benzene rings is 1. The van der Waals surface area contributed by atoms with Crippen LogP contribution in [0.1, 0.15) is 41.3 Å². The van der Waals surface area contributed by atoms with Crippen LogP contribution in [0.3, 0.4) is 0 Å². The highest BCUT2D eigenvalue weighted by Crippen LogP contribution is 2.27. The van der Waals surface area contributed by atoms with Crippen LogP contribution in [0.15, 0.2) is 42.7 Å². The number of carbonyl (C=O) groups excluding carboxylic acids is 2. The van der Waals surface area contributed by atoms with Gasteiger partial charge in [0.25, 0.3) is 11.8 Å². The molecule has 1 aromatic carbocycles. The molecule has 0 saturated heterocycles. The van der Waals surface area contributed by atoms with Crippen molar-refractivity contribution in [3.8, 4) is 0 Å². The number of primary amides is 1. The highest BCUT2D eigenvalue weighted by Gasteiger charge is 2.16. The molecular weight excluding hydrogens is 290 g/mol. The molecule has 2 rings (SSSR count). The van der Waals surface area contributed by atoms with Gasteiger partial charge in [0, 0.05) is 11.8 Å². The number of nitrogens with two attached hydrogens (primary N) is 1. The predicted octanol–water partition coefficient (Wildman–Crippen LogP) is 2.14. The van der Waals surface area contributed by atoms with Crippen molar-refractivity contribution in [2.75, 3.05) is 5.32 Å². The number of aryl methyl sites for hydroxylation is 1. The highest BCUT2D eigenvalue weighted by atomic mass is 16.2. The highest BCUT2D eigenvalue weighted by molar-refractivity contribution is 5.92. The molecule has 0 bridgehead atoms. The second-order valence-electron chi connectivity index (χ2n) is 5.87. The van der Waals surface area contributed by atoms with Gasteiger partial charge >= 0.3 is 0 Å². The third-order valence-corrected chi connectivity index (χ3v) is 3.66. The van der Waals surface area contributed by atoms with Gasteiger partial charge in [-0.15, -0.1) is 0 Å². The number of nitrogens with zero attached hydrogens (tertiary/aromatic N) is 1. The first kappa shape index (κ1) is 16.7. The molecule has 0 spiro atoms. The first-order valence-corrected chi connectivity index (χ1v) is 7.56. The summed E-state index contributed by atoms with van der Waals surface area (Å²) < 4.78 is 1.64. The Labute approximate surface area is 136 Å². The van der Waals surface area contributed by atoms with E-state index in [1.165, 1.54) is 0 Å². The minimum absolute atomic E-state index is 0.118. The maximum Gasteiger partial charge on any atom is 0.290 e. The summed E-state index contributed by atoms with van der Waals surface area (Å²) in [5.41, 5.74) is 8.63. The Kier molecular flexibility index (Phi) is 5.11. The Morgan fingerprint density at radius 3 is 2.61 bits per heavy atom. The smallest absolute Gasteiger partial charge is 0.290 e. The third-order valence-electron chi connectivity index (χ3n) is 3.66. The molecule has 5 heteroatoms. The van der Waals surface area contributed by atoms with Crippen LogP contribution < -0.4 is 15.6 Å². The molecule has 0 saturated carbocycles.